The Balaban J connectivity index is 1.99. The van der Waals surface area contributed by atoms with Crippen molar-refractivity contribution in [2.45, 2.75) is 16.9 Å². The maximum atomic E-state index is 11.8. The van der Waals surface area contributed by atoms with Crippen LogP contribution in [0.25, 0.3) is 0 Å². The van der Waals surface area contributed by atoms with Gasteiger partial charge < -0.3 is 10.6 Å². The summed E-state index contributed by atoms with van der Waals surface area (Å²) in [5, 5.41) is 5.96. The molecule has 2 amide bonds. The van der Waals surface area contributed by atoms with E-state index in [0.717, 1.165) is 10.1 Å². The summed E-state index contributed by atoms with van der Waals surface area (Å²) in [6.07, 6.45) is -2.00. The standard InChI is InChI=1S/C9H12F3N3OS2/c10-9(11,12)6-15-7(16)13-2-1-4-17-8-14-3-5-18-8/h3,5H,1-2,4,6H2,(H2,13,15,16). The Labute approximate surface area is 110 Å². The monoisotopic (exact) mass is 299 g/mol. The van der Waals surface area contributed by atoms with Gasteiger partial charge in [0.15, 0.2) is 0 Å². The highest BCUT2D eigenvalue weighted by Crippen LogP contribution is 2.20. The summed E-state index contributed by atoms with van der Waals surface area (Å²) >= 11 is 3.08. The highest BCUT2D eigenvalue weighted by molar-refractivity contribution is 8.00. The van der Waals surface area contributed by atoms with E-state index in [-0.39, 0.29) is 0 Å². The molecule has 2 N–H and O–H groups in total. The Kier molecular flexibility index (Phi) is 6.27. The van der Waals surface area contributed by atoms with Crippen LogP contribution in [0.3, 0.4) is 0 Å². The van der Waals surface area contributed by atoms with E-state index in [1.54, 1.807) is 23.3 Å². The quantitative estimate of drug-likeness (QED) is 0.627. The predicted octanol–water partition coefficient (Wildman–Crippen LogP) is 2.49. The summed E-state index contributed by atoms with van der Waals surface area (Å²) in [6.45, 7) is -0.977. The van der Waals surface area contributed by atoms with E-state index in [2.05, 4.69) is 10.3 Å². The number of hydrogen-bond acceptors (Lipinski definition) is 4. The topological polar surface area (TPSA) is 54.0 Å². The maximum Gasteiger partial charge on any atom is 0.405 e. The number of nitrogens with one attached hydrogen (secondary N) is 2. The number of rotatable bonds is 6. The molecule has 18 heavy (non-hydrogen) atoms. The van der Waals surface area contributed by atoms with Gasteiger partial charge in [0.05, 0.1) is 0 Å². The maximum absolute atomic E-state index is 11.8. The van der Waals surface area contributed by atoms with Gasteiger partial charge in [0.2, 0.25) is 0 Å². The molecule has 0 saturated carbocycles. The Morgan fingerprint density at radius 1 is 1.44 bits per heavy atom. The SMILES string of the molecule is O=C(NCCCSc1nccs1)NCC(F)(F)F. The predicted molar refractivity (Wildman–Crippen MR) is 64.9 cm³/mol. The minimum atomic E-state index is -4.38. The van der Waals surface area contributed by atoms with E-state index in [1.807, 2.05) is 5.38 Å². The van der Waals surface area contributed by atoms with Crippen LogP contribution in [0, 0.1) is 0 Å². The first-order valence-corrected chi connectivity index (χ1v) is 6.94. The number of carbonyl (C=O) groups excluding carboxylic acids is 1. The fraction of sp³-hybridized carbons (Fsp3) is 0.556. The average molecular weight is 299 g/mol. The van der Waals surface area contributed by atoms with Crippen LogP contribution >= 0.6 is 23.1 Å². The molecule has 4 nitrogen and oxygen atoms in total. The number of aromatic nitrogens is 1. The molecule has 9 heteroatoms. The Bertz CT molecular complexity index is 356. The molecule has 0 aromatic carbocycles. The van der Waals surface area contributed by atoms with E-state index in [0.29, 0.717) is 13.0 Å². The molecule has 102 valence electrons. The molecule has 0 radical (unpaired) electrons. The number of alkyl halides is 3. The zero-order chi connectivity index (χ0) is 13.4. The van der Waals surface area contributed by atoms with Crippen molar-refractivity contribution < 1.29 is 18.0 Å². The van der Waals surface area contributed by atoms with Crippen LogP contribution in [0.4, 0.5) is 18.0 Å². The van der Waals surface area contributed by atoms with Gasteiger partial charge in [-0.3, -0.25) is 0 Å². The zero-order valence-corrected chi connectivity index (χ0v) is 10.9. The van der Waals surface area contributed by atoms with Gasteiger partial charge in [0.25, 0.3) is 0 Å². The molecule has 1 rings (SSSR count). The summed E-state index contributed by atoms with van der Waals surface area (Å²) in [4.78, 5) is 15.0. The zero-order valence-electron chi connectivity index (χ0n) is 9.29. The fourth-order valence-corrected chi connectivity index (χ4v) is 2.61. The number of urea groups is 1. The lowest BCUT2D eigenvalue weighted by molar-refractivity contribution is -0.122. The van der Waals surface area contributed by atoms with Gasteiger partial charge in [0.1, 0.15) is 10.9 Å². The number of carbonyl (C=O) groups is 1. The van der Waals surface area contributed by atoms with Crippen LogP contribution in [0.2, 0.25) is 0 Å². The number of nitrogens with zero attached hydrogens (tertiary/aromatic N) is 1. The summed E-state index contributed by atoms with van der Waals surface area (Å²) in [7, 11) is 0. The van der Waals surface area contributed by atoms with Gasteiger partial charge >= 0.3 is 12.2 Å². The normalized spacial score (nSPS) is 11.3. The van der Waals surface area contributed by atoms with E-state index < -0.39 is 18.8 Å². The van der Waals surface area contributed by atoms with Crippen molar-refractivity contribution in [3.8, 4) is 0 Å². The summed E-state index contributed by atoms with van der Waals surface area (Å²) in [5.74, 6) is 0.757. The van der Waals surface area contributed by atoms with Crippen molar-refractivity contribution in [3.63, 3.8) is 0 Å². The first kappa shape index (κ1) is 15.1. The van der Waals surface area contributed by atoms with Gasteiger partial charge in [0, 0.05) is 23.9 Å². The van der Waals surface area contributed by atoms with Crippen LogP contribution in [-0.2, 0) is 0 Å². The van der Waals surface area contributed by atoms with E-state index in [1.165, 1.54) is 11.3 Å². The van der Waals surface area contributed by atoms with E-state index in [4.69, 9.17) is 0 Å². The third-order valence-electron chi connectivity index (χ3n) is 1.69. The molecule has 0 unspecified atom stereocenters. The molecule has 0 fully saturated rings. The molecule has 0 aliphatic heterocycles. The third-order valence-corrected chi connectivity index (χ3v) is 3.74. The lowest BCUT2D eigenvalue weighted by Crippen LogP contribution is -2.41. The molecule has 0 saturated heterocycles. The summed E-state index contributed by atoms with van der Waals surface area (Å²) in [6, 6.07) is -0.799. The van der Waals surface area contributed by atoms with Gasteiger partial charge in [-0.05, 0) is 6.42 Å². The molecule has 0 aliphatic carbocycles. The van der Waals surface area contributed by atoms with Gasteiger partial charge in [-0.25, -0.2) is 9.78 Å². The minimum absolute atomic E-state index is 0.335. The molecule has 0 aliphatic rings. The van der Waals surface area contributed by atoms with Crippen molar-refractivity contribution in [2.24, 2.45) is 0 Å². The van der Waals surface area contributed by atoms with Gasteiger partial charge in [-0.2, -0.15) is 13.2 Å². The number of amides is 2. The Morgan fingerprint density at radius 3 is 2.83 bits per heavy atom. The van der Waals surface area contributed by atoms with Crippen LogP contribution in [-0.4, -0.2) is 36.0 Å². The average Bonchev–Trinajstić information content (AvgIpc) is 2.78. The lowest BCUT2D eigenvalue weighted by atomic mass is 10.5. The summed E-state index contributed by atoms with van der Waals surface area (Å²) < 4.78 is 36.2. The van der Waals surface area contributed by atoms with Crippen LogP contribution in [0.15, 0.2) is 15.9 Å². The van der Waals surface area contributed by atoms with Crippen LogP contribution < -0.4 is 10.6 Å². The molecule has 0 spiro atoms. The van der Waals surface area contributed by atoms with Crippen molar-refractivity contribution in [3.05, 3.63) is 11.6 Å². The summed E-state index contributed by atoms with van der Waals surface area (Å²) in [5.41, 5.74) is 0. The minimum Gasteiger partial charge on any atom is -0.338 e. The number of halogens is 3. The van der Waals surface area contributed by atoms with Gasteiger partial charge in [-0.1, -0.05) is 11.8 Å². The second-order valence-corrected chi connectivity index (χ2v) is 5.46. The fourth-order valence-electron chi connectivity index (χ4n) is 0.958. The highest BCUT2D eigenvalue weighted by atomic mass is 32.2. The molecule has 0 atom stereocenters. The van der Waals surface area contributed by atoms with Gasteiger partial charge in [-0.15, -0.1) is 11.3 Å². The van der Waals surface area contributed by atoms with Crippen molar-refractivity contribution in [2.75, 3.05) is 18.8 Å². The second-order valence-electron chi connectivity index (χ2n) is 3.22. The van der Waals surface area contributed by atoms with E-state index >= 15 is 0 Å². The van der Waals surface area contributed by atoms with Crippen molar-refractivity contribution in [1.29, 1.82) is 0 Å². The van der Waals surface area contributed by atoms with E-state index in [9.17, 15) is 18.0 Å². The number of thiazole rings is 1. The van der Waals surface area contributed by atoms with Crippen molar-refractivity contribution in [1.82, 2.24) is 15.6 Å². The smallest absolute Gasteiger partial charge is 0.338 e. The molecular formula is C9H12F3N3OS2. The number of hydrogen-bond donors (Lipinski definition) is 2. The molecule has 1 aromatic rings. The Hall–Kier alpha value is -0.960. The lowest BCUT2D eigenvalue weighted by Gasteiger charge is -2.09. The van der Waals surface area contributed by atoms with Crippen LogP contribution in [0.1, 0.15) is 6.42 Å². The van der Waals surface area contributed by atoms with Crippen molar-refractivity contribution >= 4 is 29.1 Å². The molecule has 1 aromatic heterocycles. The molecular weight excluding hydrogens is 287 g/mol. The first-order valence-electron chi connectivity index (χ1n) is 5.08. The third kappa shape index (κ3) is 7.38. The number of thioether (sulfide) groups is 1. The Morgan fingerprint density at radius 2 is 2.22 bits per heavy atom. The first-order chi connectivity index (χ1) is 8.47. The molecule has 1 heterocycles. The molecule has 0 bridgehead atoms. The highest BCUT2D eigenvalue weighted by Gasteiger charge is 2.27. The van der Waals surface area contributed by atoms with Crippen LogP contribution in [0.5, 0.6) is 0 Å². The largest absolute Gasteiger partial charge is 0.405 e. The second kappa shape index (κ2) is 7.47.